The molecular weight excluding hydrogens is 181 g/mol. The highest BCUT2D eigenvalue weighted by Gasteiger charge is 2.23. The molecule has 2 aromatic rings. The minimum absolute atomic E-state index is 0.311. The minimum atomic E-state index is -1.47. The van der Waals surface area contributed by atoms with Crippen LogP contribution in [0.1, 0.15) is 19.6 Å². The van der Waals surface area contributed by atoms with Gasteiger partial charge in [0.15, 0.2) is 5.67 Å². The first-order chi connectivity index (χ1) is 6.48. The molecule has 1 aromatic heterocycles. The molecule has 2 nitrogen and oxygen atoms in total. The van der Waals surface area contributed by atoms with Crippen LogP contribution in [0.25, 0.3) is 11.0 Å². The number of benzene rings is 1. The number of halogens is 1. The Morgan fingerprint density at radius 2 is 2.07 bits per heavy atom. The molecule has 0 aliphatic heterocycles. The molecule has 74 valence electrons. The van der Waals surface area contributed by atoms with Crippen LogP contribution in [-0.2, 0) is 5.67 Å². The molecule has 14 heavy (non-hydrogen) atoms. The number of furan rings is 1. The van der Waals surface area contributed by atoms with Gasteiger partial charge in [0.1, 0.15) is 11.3 Å². The third kappa shape index (κ3) is 1.35. The molecule has 2 N–H and O–H groups in total. The molecule has 1 heterocycles. The molecular formula is C11H12FNO. The maximum Gasteiger partial charge on any atom is 0.162 e. The number of nitrogen functional groups attached to an aromatic ring is 1. The lowest BCUT2D eigenvalue weighted by Gasteiger charge is -2.08. The Morgan fingerprint density at radius 3 is 2.64 bits per heavy atom. The van der Waals surface area contributed by atoms with Gasteiger partial charge in [0, 0.05) is 11.1 Å². The third-order valence-corrected chi connectivity index (χ3v) is 2.18. The molecule has 1 aromatic carbocycles. The van der Waals surface area contributed by atoms with E-state index in [2.05, 4.69) is 0 Å². The predicted octanol–water partition coefficient (Wildman–Crippen LogP) is 3.22. The Balaban J connectivity index is 2.69. The Morgan fingerprint density at radius 1 is 1.36 bits per heavy atom. The van der Waals surface area contributed by atoms with Crippen LogP contribution in [0.5, 0.6) is 0 Å². The molecule has 3 heteroatoms. The van der Waals surface area contributed by atoms with Gasteiger partial charge in [0.25, 0.3) is 0 Å². The molecule has 0 atom stereocenters. The van der Waals surface area contributed by atoms with Crippen LogP contribution in [0.4, 0.5) is 10.1 Å². The fourth-order valence-electron chi connectivity index (χ4n) is 1.38. The SMILES string of the molecule is CC(C)(F)c1cc2c(N)cccc2o1. The molecule has 0 unspecified atom stereocenters. The van der Waals surface area contributed by atoms with Gasteiger partial charge < -0.3 is 10.2 Å². The van der Waals surface area contributed by atoms with E-state index in [4.69, 9.17) is 10.2 Å². The fraction of sp³-hybridized carbons (Fsp3) is 0.273. The molecule has 0 aliphatic rings. The van der Waals surface area contributed by atoms with Crippen molar-refractivity contribution in [3.8, 4) is 0 Å². The first-order valence-corrected chi connectivity index (χ1v) is 4.46. The molecule has 0 spiro atoms. The topological polar surface area (TPSA) is 39.2 Å². The molecule has 0 amide bonds. The zero-order chi connectivity index (χ0) is 10.3. The van der Waals surface area contributed by atoms with E-state index >= 15 is 0 Å². The van der Waals surface area contributed by atoms with Crippen molar-refractivity contribution in [3.05, 3.63) is 30.0 Å². The summed E-state index contributed by atoms with van der Waals surface area (Å²) in [7, 11) is 0. The highest BCUT2D eigenvalue weighted by Crippen LogP contribution is 2.32. The lowest BCUT2D eigenvalue weighted by Crippen LogP contribution is -2.06. The van der Waals surface area contributed by atoms with Gasteiger partial charge >= 0.3 is 0 Å². The second-order valence-electron chi connectivity index (χ2n) is 3.84. The van der Waals surface area contributed by atoms with Gasteiger partial charge in [-0.25, -0.2) is 4.39 Å². The van der Waals surface area contributed by atoms with Gasteiger partial charge in [-0.2, -0.15) is 0 Å². The summed E-state index contributed by atoms with van der Waals surface area (Å²) in [5.41, 5.74) is 5.51. The van der Waals surface area contributed by atoms with E-state index in [-0.39, 0.29) is 0 Å². The van der Waals surface area contributed by atoms with E-state index in [1.807, 2.05) is 0 Å². The largest absolute Gasteiger partial charge is 0.458 e. The Labute approximate surface area is 81.5 Å². The molecule has 0 bridgehead atoms. The van der Waals surface area contributed by atoms with Crippen molar-refractivity contribution in [2.45, 2.75) is 19.5 Å². The number of alkyl halides is 1. The third-order valence-electron chi connectivity index (χ3n) is 2.18. The lowest BCUT2D eigenvalue weighted by molar-refractivity contribution is 0.182. The van der Waals surface area contributed by atoms with E-state index in [0.717, 1.165) is 5.39 Å². The second-order valence-corrected chi connectivity index (χ2v) is 3.84. The van der Waals surface area contributed by atoms with E-state index < -0.39 is 5.67 Å². The fourth-order valence-corrected chi connectivity index (χ4v) is 1.38. The average molecular weight is 193 g/mol. The summed E-state index contributed by atoms with van der Waals surface area (Å²) in [4.78, 5) is 0. The normalized spacial score (nSPS) is 12.2. The van der Waals surface area contributed by atoms with Crippen LogP contribution in [0.2, 0.25) is 0 Å². The number of fused-ring (bicyclic) bond motifs is 1. The van der Waals surface area contributed by atoms with Gasteiger partial charge in [-0.3, -0.25) is 0 Å². The van der Waals surface area contributed by atoms with E-state index in [9.17, 15) is 4.39 Å². The van der Waals surface area contributed by atoms with Crippen molar-refractivity contribution < 1.29 is 8.81 Å². The van der Waals surface area contributed by atoms with Crippen LogP contribution in [0.15, 0.2) is 28.7 Å². The molecule has 0 saturated heterocycles. The number of hydrogen-bond acceptors (Lipinski definition) is 2. The standard InChI is InChI=1S/C11H12FNO/c1-11(2,12)10-6-7-8(13)4-3-5-9(7)14-10/h3-6H,13H2,1-2H3. The Bertz CT molecular complexity index is 468. The Kier molecular flexibility index (Phi) is 1.77. The van der Waals surface area contributed by atoms with Crippen LogP contribution in [-0.4, -0.2) is 0 Å². The smallest absolute Gasteiger partial charge is 0.162 e. The quantitative estimate of drug-likeness (QED) is 0.706. The summed E-state index contributed by atoms with van der Waals surface area (Å²) in [6.45, 7) is 2.92. The van der Waals surface area contributed by atoms with Crippen molar-refractivity contribution in [1.29, 1.82) is 0 Å². The van der Waals surface area contributed by atoms with Gasteiger partial charge in [-0.1, -0.05) is 6.07 Å². The summed E-state index contributed by atoms with van der Waals surface area (Å²) >= 11 is 0. The number of rotatable bonds is 1. The van der Waals surface area contributed by atoms with Crippen LogP contribution in [0, 0.1) is 0 Å². The van der Waals surface area contributed by atoms with Gasteiger partial charge in [0.2, 0.25) is 0 Å². The van der Waals surface area contributed by atoms with E-state index in [0.29, 0.717) is 17.0 Å². The van der Waals surface area contributed by atoms with Crippen LogP contribution >= 0.6 is 0 Å². The maximum absolute atomic E-state index is 13.6. The number of anilines is 1. The van der Waals surface area contributed by atoms with Gasteiger partial charge in [-0.15, -0.1) is 0 Å². The first kappa shape index (κ1) is 9.06. The number of nitrogens with two attached hydrogens (primary N) is 1. The lowest BCUT2D eigenvalue weighted by atomic mass is 10.1. The monoisotopic (exact) mass is 193 g/mol. The zero-order valence-electron chi connectivity index (χ0n) is 8.17. The van der Waals surface area contributed by atoms with E-state index in [1.54, 1.807) is 24.3 Å². The zero-order valence-corrected chi connectivity index (χ0v) is 8.17. The highest BCUT2D eigenvalue weighted by molar-refractivity contribution is 5.89. The Hall–Kier alpha value is -1.51. The van der Waals surface area contributed by atoms with Gasteiger partial charge in [0.05, 0.1) is 0 Å². The van der Waals surface area contributed by atoms with Gasteiger partial charge in [-0.05, 0) is 32.0 Å². The number of hydrogen-bond donors (Lipinski definition) is 1. The minimum Gasteiger partial charge on any atom is -0.458 e. The van der Waals surface area contributed by atoms with Crippen molar-refractivity contribution in [2.24, 2.45) is 0 Å². The molecule has 0 fully saturated rings. The molecule has 2 rings (SSSR count). The summed E-state index contributed by atoms with van der Waals surface area (Å²) < 4.78 is 18.9. The van der Waals surface area contributed by atoms with Crippen molar-refractivity contribution >= 4 is 16.7 Å². The molecule has 0 radical (unpaired) electrons. The predicted molar refractivity (Wildman–Crippen MR) is 54.8 cm³/mol. The second kappa shape index (κ2) is 2.74. The van der Waals surface area contributed by atoms with Crippen molar-refractivity contribution in [3.63, 3.8) is 0 Å². The highest BCUT2D eigenvalue weighted by atomic mass is 19.1. The van der Waals surface area contributed by atoms with Crippen LogP contribution in [0.3, 0.4) is 0 Å². The van der Waals surface area contributed by atoms with Crippen molar-refractivity contribution in [2.75, 3.05) is 5.73 Å². The summed E-state index contributed by atoms with van der Waals surface area (Å²) in [5, 5.41) is 0.772. The summed E-state index contributed by atoms with van der Waals surface area (Å²) in [6.07, 6.45) is 0. The van der Waals surface area contributed by atoms with E-state index in [1.165, 1.54) is 13.8 Å². The first-order valence-electron chi connectivity index (χ1n) is 4.46. The average Bonchev–Trinajstić information content (AvgIpc) is 2.48. The molecule has 0 aliphatic carbocycles. The van der Waals surface area contributed by atoms with Crippen molar-refractivity contribution in [1.82, 2.24) is 0 Å². The van der Waals surface area contributed by atoms with Crippen LogP contribution < -0.4 is 5.73 Å². The molecule has 0 saturated carbocycles. The maximum atomic E-state index is 13.6. The summed E-state index contributed by atoms with van der Waals surface area (Å²) in [6, 6.07) is 6.99. The summed E-state index contributed by atoms with van der Waals surface area (Å²) in [5.74, 6) is 0.311.